The van der Waals surface area contributed by atoms with E-state index in [0.717, 1.165) is 17.9 Å². The number of rotatable bonds is 4. The minimum Gasteiger partial charge on any atom is -0.0843 e. The van der Waals surface area contributed by atoms with Gasteiger partial charge >= 0.3 is 0 Å². The minimum atomic E-state index is 0.780. The van der Waals surface area contributed by atoms with Crippen molar-refractivity contribution in [3.63, 3.8) is 0 Å². The highest BCUT2D eigenvalue weighted by Crippen LogP contribution is 2.11. The van der Waals surface area contributed by atoms with Crippen molar-refractivity contribution in [2.24, 2.45) is 0 Å². The molecule has 0 unspecified atom stereocenters. The molecule has 92 valence electrons. The summed E-state index contributed by atoms with van der Waals surface area (Å²) in [6, 6.07) is 16.7. The lowest BCUT2D eigenvalue weighted by atomic mass is 10.1. The van der Waals surface area contributed by atoms with E-state index in [1.165, 1.54) is 16.7 Å². The van der Waals surface area contributed by atoms with Gasteiger partial charge in [0.05, 0.1) is 0 Å². The van der Waals surface area contributed by atoms with E-state index in [1.807, 2.05) is 24.3 Å². The van der Waals surface area contributed by atoms with Gasteiger partial charge in [0, 0.05) is 5.02 Å². The van der Waals surface area contributed by atoms with Crippen molar-refractivity contribution in [2.45, 2.75) is 19.8 Å². The fourth-order valence-electron chi connectivity index (χ4n) is 1.82. The van der Waals surface area contributed by atoms with E-state index in [2.05, 4.69) is 43.3 Å². The Morgan fingerprint density at radius 3 is 2.11 bits per heavy atom. The first kappa shape index (κ1) is 12.9. The van der Waals surface area contributed by atoms with E-state index >= 15 is 0 Å². The molecule has 0 amide bonds. The van der Waals surface area contributed by atoms with Gasteiger partial charge in [0.1, 0.15) is 0 Å². The molecule has 0 aromatic heterocycles. The Kier molecular flexibility index (Phi) is 4.60. The van der Waals surface area contributed by atoms with Crippen LogP contribution in [0.3, 0.4) is 0 Å². The zero-order valence-corrected chi connectivity index (χ0v) is 11.3. The Balaban J connectivity index is 1.95. The van der Waals surface area contributed by atoms with Crippen molar-refractivity contribution in [2.75, 3.05) is 0 Å². The van der Waals surface area contributed by atoms with Gasteiger partial charge in [-0.05, 0) is 41.7 Å². The molecule has 2 aromatic rings. The summed E-state index contributed by atoms with van der Waals surface area (Å²) in [6.07, 6.45) is 6.38. The Labute approximate surface area is 114 Å². The lowest BCUT2D eigenvalue weighted by Gasteiger charge is -1.99. The molecule has 0 N–H and O–H groups in total. The number of halogens is 1. The van der Waals surface area contributed by atoms with Crippen molar-refractivity contribution in [3.05, 3.63) is 76.3 Å². The Morgan fingerprint density at radius 2 is 1.50 bits per heavy atom. The molecular formula is C17H17Cl. The van der Waals surface area contributed by atoms with Crippen LogP contribution in [0.5, 0.6) is 0 Å². The summed E-state index contributed by atoms with van der Waals surface area (Å²) in [5.74, 6) is 0. The Morgan fingerprint density at radius 1 is 0.889 bits per heavy atom. The molecule has 0 atom stereocenters. The first-order chi connectivity index (χ1) is 8.78. The molecule has 0 nitrogen and oxygen atoms in total. The summed E-state index contributed by atoms with van der Waals surface area (Å²) >= 11 is 5.85. The predicted molar refractivity (Wildman–Crippen MR) is 80.0 cm³/mol. The van der Waals surface area contributed by atoms with Gasteiger partial charge in [-0.1, -0.05) is 67.1 Å². The number of aryl methyl sites for hydroxylation is 1. The highest BCUT2D eigenvalue weighted by atomic mass is 35.5. The normalized spacial score (nSPS) is 11.0. The average Bonchev–Trinajstić information content (AvgIpc) is 2.42. The molecule has 0 fully saturated rings. The zero-order valence-electron chi connectivity index (χ0n) is 10.6. The number of benzene rings is 2. The van der Waals surface area contributed by atoms with Crippen LogP contribution in [0.4, 0.5) is 0 Å². The van der Waals surface area contributed by atoms with Gasteiger partial charge in [0.15, 0.2) is 0 Å². The second-order valence-corrected chi connectivity index (χ2v) is 4.76. The average molecular weight is 257 g/mol. The molecule has 0 radical (unpaired) electrons. The first-order valence-electron chi connectivity index (χ1n) is 6.28. The molecule has 0 bridgehead atoms. The molecule has 0 spiro atoms. The smallest absolute Gasteiger partial charge is 0.0406 e. The van der Waals surface area contributed by atoms with Gasteiger partial charge in [-0.3, -0.25) is 0 Å². The van der Waals surface area contributed by atoms with Gasteiger partial charge in [-0.15, -0.1) is 0 Å². The predicted octanol–water partition coefficient (Wildman–Crippen LogP) is 5.16. The highest BCUT2D eigenvalue weighted by molar-refractivity contribution is 6.30. The maximum atomic E-state index is 5.85. The molecule has 1 heteroatoms. The zero-order chi connectivity index (χ0) is 12.8. The number of hydrogen-bond donors (Lipinski definition) is 0. The van der Waals surface area contributed by atoms with Crippen LogP contribution in [-0.4, -0.2) is 0 Å². The third kappa shape index (κ3) is 3.75. The van der Waals surface area contributed by atoms with Crippen LogP contribution in [0.1, 0.15) is 23.6 Å². The van der Waals surface area contributed by atoms with Gasteiger partial charge in [-0.2, -0.15) is 0 Å². The Bertz CT molecular complexity index is 506. The van der Waals surface area contributed by atoms with Crippen molar-refractivity contribution in [3.8, 4) is 0 Å². The fourth-order valence-corrected chi connectivity index (χ4v) is 1.94. The summed E-state index contributed by atoms with van der Waals surface area (Å²) in [4.78, 5) is 0. The standard InChI is InChI=1S/C17H17Cl/c1-2-14-6-8-15(9-7-14)4-3-5-16-10-12-17(18)13-11-16/h3,5-13H,2,4H2,1H3. The second-order valence-electron chi connectivity index (χ2n) is 4.33. The van der Waals surface area contributed by atoms with E-state index in [9.17, 15) is 0 Å². The van der Waals surface area contributed by atoms with E-state index in [1.54, 1.807) is 0 Å². The molecule has 2 rings (SSSR count). The van der Waals surface area contributed by atoms with Crippen molar-refractivity contribution < 1.29 is 0 Å². The van der Waals surface area contributed by atoms with Gasteiger partial charge in [-0.25, -0.2) is 0 Å². The minimum absolute atomic E-state index is 0.780. The lowest BCUT2D eigenvalue weighted by Crippen LogP contribution is -1.83. The molecule has 0 saturated carbocycles. The summed E-state index contributed by atoms with van der Waals surface area (Å²) < 4.78 is 0. The Hall–Kier alpha value is -1.53. The van der Waals surface area contributed by atoms with E-state index in [0.29, 0.717) is 0 Å². The first-order valence-corrected chi connectivity index (χ1v) is 6.65. The van der Waals surface area contributed by atoms with Crippen molar-refractivity contribution in [1.82, 2.24) is 0 Å². The van der Waals surface area contributed by atoms with Crippen LogP contribution >= 0.6 is 11.6 Å². The second kappa shape index (κ2) is 6.42. The molecule has 0 aliphatic heterocycles. The van der Waals surface area contributed by atoms with E-state index < -0.39 is 0 Å². The number of allylic oxidation sites excluding steroid dienone is 1. The molecular weight excluding hydrogens is 240 g/mol. The largest absolute Gasteiger partial charge is 0.0843 e. The fraction of sp³-hybridized carbons (Fsp3) is 0.176. The summed E-state index contributed by atoms with van der Waals surface area (Å²) in [6.45, 7) is 2.18. The van der Waals surface area contributed by atoms with Crippen LogP contribution in [0.15, 0.2) is 54.6 Å². The molecule has 18 heavy (non-hydrogen) atoms. The molecule has 0 aliphatic carbocycles. The molecule has 0 aliphatic rings. The highest BCUT2D eigenvalue weighted by Gasteiger charge is 1.91. The molecule has 2 aromatic carbocycles. The van der Waals surface area contributed by atoms with E-state index in [4.69, 9.17) is 11.6 Å². The lowest BCUT2D eigenvalue weighted by molar-refractivity contribution is 1.13. The van der Waals surface area contributed by atoms with E-state index in [-0.39, 0.29) is 0 Å². The SMILES string of the molecule is CCc1ccc(CC=Cc2ccc(Cl)cc2)cc1. The number of hydrogen-bond acceptors (Lipinski definition) is 0. The molecule has 0 heterocycles. The topological polar surface area (TPSA) is 0 Å². The van der Waals surface area contributed by atoms with Crippen LogP contribution in [0.25, 0.3) is 6.08 Å². The third-order valence-corrected chi connectivity index (χ3v) is 3.22. The maximum absolute atomic E-state index is 5.85. The van der Waals surface area contributed by atoms with Gasteiger partial charge < -0.3 is 0 Å². The van der Waals surface area contributed by atoms with Crippen LogP contribution in [0, 0.1) is 0 Å². The summed E-state index contributed by atoms with van der Waals surface area (Å²) in [5, 5.41) is 0.780. The van der Waals surface area contributed by atoms with Gasteiger partial charge in [0.25, 0.3) is 0 Å². The third-order valence-electron chi connectivity index (χ3n) is 2.97. The molecule has 0 saturated heterocycles. The monoisotopic (exact) mass is 256 g/mol. The van der Waals surface area contributed by atoms with Crippen molar-refractivity contribution in [1.29, 1.82) is 0 Å². The van der Waals surface area contributed by atoms with Crippen LogP contribution in [-0.2, 0) is 12.8 Å². The van der Waals surface area contributed by atoms with Crippen LogP contribution in [0.2, 0.25) is 5.02 Å². The van der Waals surface area contributed by atoms with Crippen molar-refractivity contribution >= 4 is 17.7 Å². The van der Waals surface area contributed by atoms with Crippen LogP contribution < -0.4 is 0 Å². The summed E-state index contributed by atoms with van der Waals surface area (Å²) in [5.41, 5.74) is 3.92. The maximum Gasteiger partial charge on any atom is 0.0406 e. The van der Waals surface area contributed by atoms with Gasteiger partial charge in [0.2, 0.25) is 0 Å². The summed E-state index contributed by atoms with van der Waals surface area (Å²) in [7, 11) is 0. The quantitative estimate of drug-likeness (QED) is 0.709.